The van der Waals surface area contributed by atoms with Crippen molar-refractivity contribution in [2.24, 2.45) is 0 Å². The van der Waals surface area contributed by atoms with Gasteiger partial charge in [-0.15, -0.1) is 0 Å². The van der Waals surface area contributed by atoms with Gasteiger partial charge in [0.15, 0.2) is 0 Å². The zero-order valence-electron chi connectivity index (χ0n) is 10.3. The molecule has 5 heteroatoms. The van der Waals surface area contributed by atoms with E-state index in [4.69, 9.17) is 16.9 Å². The molecule has 98 valence electrons. The summed E-state index contributed by atoms with van der Waals surface area (Å²) in [6, 6.07) is 14.3. The smallest absolute Gasteiger partial charge is 0.141 e. The van der Waals surface area contributed by atoms with Gasteiger partial charge in [0.25, 0.3) is 0 Å². The Bertz CT molecular complexity index is 716. The second-order valence-corrected chi connectivity index (χ2v) is 4.44. The fraction of sp³-hybridized carbons (Fsp3) is 0.0667. The van der Waals surface area contributed by atoms with Crippen LogP contribution in [0.5, 0.6) is 0 Å². The molecule has 0 aliphatic rings. The molecule has 3 nitrogen and oxygen atoms in total. The van der Waals surface area contributed by atoms with Crippen LogP contribution in [-0.4, -0.2) is 0 Å². The molecule has 0 radical (unpaired) electrons. The lowest BCUT2D eigenvalue weighted by Crippen LogP contribution is -2.10. The molecule has 0 saturated carbocycles. The summed E-state index contributed by atoms with van der Waals surface area (Å²) < 4.78 is 13.1. The number of nitrogens with zero attached hydrogens (tertiary/aromatic N) is 2. The van der Waals surface area contributed by atoms with Crippen LogP contribution >= 0.6 is 11.6 Å². The molecule has 0 heterocycles. The lowest BCUT2D eigenvalue weighted by molar-refractivity contribution is 0.628. The van der Waals surface area contributed by atoms with Crippen molar-refractivity contribution < 1.29 is 4.39 Å². The predicted octanol–water partition coefficient (Wildman–Crippen LogP) is 4.03. The molecule has 0 aliphatic carbocycles. The van der Waals surface area contributed by atoms with Crippen LogP contribution in [0.2, 0.25) is 5.02 Å². The number of hydrogen-bond acceptors (Lipinski definition) is 3. The van der Waals surface area contributed by atoms with E-state index in [9.17, 15) is 9.65 Å². The van der Waals surface area contributed by atoms with Crippen molar-refractivity contribution in [3.63, 3.8) is 0 Å². The minimum Gasteiger partial charge on any atom is -0.366 e. The molecule has 0 aliphatic heterocycles. The van der Waals surface area contributed by atoms with Crippen molar-refractivity contribution in [1.29, 1.82) is 10.5 Å². The molecule has 0 bridgehead atoms. The van der Waals surface area contributed by atoms with E-state index in [1.165, 1.54) is 18.2 Å². The van der Waals surface area contributed by atoms with E-state index in [2.05, 4.69) is 11.4 Å². The van der Waals surface area contributed by atoms with Gasteiger partial charge >= 0.3 is 0 Å². The summed E-state index contributed by atoms with van der Waals surface area (Å²) in [4.78, 5) is 0. The number of nitriles is 2. The molecule has 2 aromatic rings. The number of nitrogens with one attached hydrogen (secondary N) is 1. The Labute approximate surface area is 120 Å². The third kappa shape index (κ3) is 2.88. The molecule has 2 aromatic carbocycles. The summed E-state index contributed by atoms with van der Waals surface area (Å²) in [5.41, 5.74) is 1.49. The highest BCUT2D eigenvalue weighted by atomic mass is 35.5. The molecular formula is C15H9ClFN3. The van der Waals surface area contributed by atoms with Crippen molar-refractivity contribution in [3.05, 3.63) is 64.4 Å². The van der Waals surface area contributed by atoms with Crippen LogP contribution in [0.15, 0.2) is 42.5 Å². The highest BCUT2D eigenvalue weighted by Gasteiger charge is 2.14. The van der Waals surface area contributed by atoms with Crippen LogP contribution in [0.4, 0.5) is 10.1 Å². The molecule has 2 rings (SSSR count). The molecular weight excluding hydrogens is 277 g/mol. The summed E-state index contributed by atoms with van der Waals surface area (Å²) in [6.07, 6.45) is 0. The second kappa shape index (κ2) is 6.06. The highest BCUT2D eigenvalue weighted by Crippen LogP contribution is 2.25. The van der Waals surface area contributed by atoms with Gasteiger partial charge in [-0.3, -0.25) is 0 Å². The van der Waals surface area contributed by atoms with Gasteiger partial charge in [0.1, 0.15) is 11.9 Å². The standard InChI is InChI=1S/C15H9ClFN3/c16-13-7-11(5-6-14(13)17)20-15(9-19)12-4-2-1-3-10(12)8-18/h1-7,15,20H. The van der Waals surface area contributed by atoms with E-state index >= 15 is 0 Å². The van der Waals surface area contributed by atoms with Gasteiger partial charge < -0.3 is 5.32 Å². The summed E-state index contributed by atoms with van der Waals surface area (Å²) in [5, 5.41) is 21.2. The first-order valence-electron chi connectivity index (χ1n) is 5.76. The van der Waals surface area contributed by atoms with Gasteiger partial charge in [-0.25, -0.2) is 4.39 Å². The molecule has 1 N–H and O–H groups in total. The number of rotatable bonds is 3. The Morgan fingerprint density at radius 1 is 1.15 bits per heavy atom. The zero-order chi connectivity index (χ0) is 14.5. The van der Waals surface area contributed by atoms with E-state index < -0.39 is 11.9 Å². The van der Waals surface area contributed by atoms with Crippen molar-refractivity contribution >= 4 is 17.3 Å². The first kappa shape index (κ1) is 13.9. The number of anilines is 1. The van der Waals surface area contributed by atoms with Gasteiger partial charge in [0.05, 0.1) is 22.7 Å². The lowest BCUT2D eigenvalue weighted by Gasteiger charge is -2.14. The molecule has 1 unspecified atom stereocenters. The maximum absolute atomic E-state index is 13.1. The van der Waals surface area contributed by atoms with Crippen LogP contribution in [0.25, 0.3) is 0 Å². The molecule has 0 spiro atoms. The van der Waals surface area contributed by atoms with Gasteiger partial charge in [-0.05, 0) is 24.3 Å². The van der Waals surface area contributed by atoms with Crippen molar-refractivity contribution in [1.82, 2.24) is 0 Å². The first-order valence-corrected chi connectivity index (χ1v) is 6.13. The highest BCUT2D eigenvalue weighted by molar-refractivity contribution is 6.31. The number of halogens is 2. The van der Waals surface area contributed by atoms with E-state index in [0.29, 0.717) is 16.8 Å². The zero-order valence-corrected chi connectivity index (χ0v) is 11.0. The molecule has 20 heavy (non-hydrogen) atoms. The average molecular weight is 286 g/mol. The Hall–Kier alpha value is -2.56. The third-order valence-corrected chi connectivity index (χ3v) is 3.04. The molecule has 0 saturated heterocycles. The van der Waals surface area contributed by atoms with Crippen molar-refractivity contribution in [2.45, 2.75) is 6.04 Å². The van der Waals surface area contributed by atoms with Gasteiger partial charge in [0.2, 0.25) is 0 Å². The van der Waals surface area contributed by atoms with Crippen LogP contribution < -0.4 is 5.32 Å². The maximum atomic E-state index is 13.1. The Balaban J connectivity index is 2.32. The van der Waals surface area contributed by atoms with Gasteiger partial charge in [-0.2, -0.15) is 10.5 Å². The normalized spacial score (nSPS) is 11.2. The molecule has 0 fully saturated rings. The summed E-state index contributed by atoms with van der Waals surface area (Å²) in [5.74, 6) is -0.525. The van der Waals surface area contributed by atoms with Gasteiger partial charge in [0, 0.05) is 11.3 Å². The lowest BCUT2D eigenvalue weighted by atomic mass is 10.0. The minimum atomic E-state index is -0.715. The van der Waals surface area contributed by atoms with Gasteiger partial charge in [-0.1, -0.05) is 29.8 Å². The topological polar surface area (TPSA) is 59.6 Å². The van der Waals surface area contributed by atoms with Crippen LogP contribution in [0.1, 0.15) is 17.2 Å². The maximum Gasteiger partial charge on any atom is 0.141 e. The third-order valence-electron chi connectivity index (χ3n) is 2.75. The number of benzene rings is 2. The fourth-order valence-electron chi connectivity index (χ4n) is 1.78. The molecule has 0 aromatic heterocycles. The monoisotopic (exact) mass is 285 g/mol. The van der Waals surface area contributed by atoms with Crippen molar-refractivity contribution in [2.75, 3.05) is 5.32 Å². The molecule has 0 amide bonds. The summed E-state index contributed by atoms with van der Waals surface area (Å²) >= 11 is 5.69. The predicted molar refractivity (Wildman–Crippen MR) is 74.5 cm³/mol. The fourth-order valence-corrected chi connectivity index (χ4v) is 1.96. The van der Waals surface area contributed by atoms with E-state index in [0.717, 1.165) is 0 Å². The number of hydrogen-bond donors (Lipinski definition) is 1. The van der Waals surface area contributed by atoms with Crippen molar-refractivity contribution in [3.8, 4) is 12.1 Å². The van der Waals surface area contributed by atoms with Crippen LogP contribution in [0, 0.1) is 28.5 Å². The van der Waals surface area contributed by atoms with Crippen LogP contribution in [0.3, 0.4) is 0 Å². The largest absolute Gasteiger partial charge is 0.366 e. The SMILES string of the molecule is N#Cc1ccccc1C(C#N)Nc1ccc(F)c(Cl)c1. The molecule has 1 atom stereocenters. The Kier molecular flexibility index (Phi) is 4.20. The summed E-state index contributed by atoms with van der Waals surface area (Å²) in [6.45, 7) is 0. The summed E-state index contributed by atoms with van der Waals surface area (Å²) in [7, 11) is 0. The average Bonchev–Trinajstić information content (AvgIpc) is 2.48. The van der Waals surface area contributed by atoms with E-state index in [-0.39, 0.29) is 5.02 Å². The Morgan fingerprint density at radius 2 is 1.90 bits per heavy atom. The quantitative estimate of drug-likeness (QED) is 0.926. The second-order valence-electron chi connectivity index (χ2n) is 4.03. The van der Waals surface area contributed by atoms with E-state index in [1.807, 2.05) is 6.07 Å². The van der Waals surface area contributed by atoms with E-state index in [1.54, 1.807) is 24.3 Å². The van der Waals surface area contributed by atoms with Crippen LogP contribution in [-0.2, 0) is 0 Å². The first-order chi connectivity index (χ1) is 9.65. The Morgan fingerprint density at radius 3 is 2.55 bits per heavy atom. The minimum absolute atomic E-state index is 0.0275.